The first-order valence-electron chi connectivity index (χ1n) is 7.86. The molecule has 1 atom stereocenters. The minimum absolute atomic E-state index is 0.0431. The van der Waals surface area contributed by atoms with Crippen LogP contribution in [0.3, 0.4) is 0 Å². The molecule has 0 radical (unpaired) electrons. The molecule has 0 bridgehead atoms. The van der Waals surface area contributed by atoms with Crippen LogP contribution in [0.2, 0.25) is 5.02 Å². The first-order valence-corrected chi connectivity index (χ1v) is 8.24. The summed E-state index contributed by atoms with van der Waals surface area (Å²) in [5.74, 6) is 0.441. The zero-order chi connectivity index (χ0) is 17.1. The average molecular weight is 349 g/mol. The van der Waals surface area contributed by atoms with Crippen LogP contribution in [-0.2, 0) is 0 Å². The highest BCUT2D eigenvalue weighted by Crippen LogP contribution is 2.22. The molecule has 5 nitrogen and oxygen atoms in total. The van der Waals surface area contributed by atoms with E-state index >= 15 is 0 Å². The van der Waals surface area contributed by atoms with Gasteiger partial charge >= 0.3 is 0 Å². The number of nitrogens with zero attached hydrogens (tertiary/aromatic N) is 3. The smallest absolute Gasteiger partial charge is 0.274 e. The van der Waals surface area contributed by atoms with Crippen LogP contribution in [0.15, 0.2) is 30.6 Å². The van der Waals surface area contributed by atoms with E-state index in [1.165, 1.54) is 30.9 Å². The van der Waals surface area contributed by atoms with E-state index in [-0.39, 0.29) is 16.6 Å². The van der Waals surface area contributed by atoms with Gasteiger partial charge in [0.1, 0.15) is 23.7 Å². The van der Waals surface area contributed by atoms with E-state index in [1.807, 2.05) is 0 Å². The first-order chi connectivity index (χ1) is 11.5. The number of carbonyl (C=O) groups excluding carboxylic acids is 1. The van der Waals surface area contributed by atoms with Crippen molar-refractivity contribution in [1.82, 2.24) is 9.97 Å². The summed E-state index contributed by atoms with van der Waals surface area (Å²) in [5.41, 5.74) is 0.678. The Bertz CT molecular complexity index is 755. The van der Waals surface area contributed by atoms with Crippen LogP contribution in [0.25, 0.3) is 0 Å². The van der Waals surface area contributed by atoms with Crippen molar-refractivity contribution in [3.63, 3.8) is 0 Å². The number of carbonyl (C=O) groups is 1. The molecule has 126 valence electrons. The summed E-state index contributed by atoms with van der Waals surface area (Å²) in [4.78, 5) is 22.8. The quantitative estimate of drug-likeness (QED) is 0.917. The number of amides is 1. The summed E-state index contributed by atoms with van der Waals surface area (Å²) in [6.45, 7) is 4.06. The molecule has 1 aromatic heterocycles. The molecule has 0 aliphatic carbocycles. The van der Waals surface area contributed by atoms with Gasteiger partial charge in [0.15, 0.2) is 0 Å². The Morgan fingerprint density at radius 1 is 1.38 bits per heavy atom. The number of hydrogen-bond donors (Lipinski definition) is 1. The van der Waals surface area contributed by atoms with E-state index in [4.69, 9.17) is 11.6 Å². The number of nitrogens with one attached hydrogen (secondary N) is 1. The van der Waals surface area contributed by atoms with Gasteiger partial charge in [0.25, 0.3) is 5.91 Å². The molecule has 7 heteroatoms. The molecule has 2 heterocycles. The molecule has 1 saturated heterocycles. The Balaban J connectivity index is 1.75. The van der Waals surface area contributed by atoms with E-state index < -0.39 is 5.82 Å². The van der Waals surface area contributed by atoms with E-state index in [2.05, 4.69) is 27.1 Å². The summed E-state index contributed by atoms with van der Waals surface area (Å²) in [6.07, 6.45) is 3.71. The van der Waals surface area contributed by atoms with E-state index in [0.29, 0.717) is 11.6 Å². The lowest BCUT2D eigenvalue weighted by molar-refractivity contribution is 0.102. The van der Waals surface area contributed by atoms with E-state index in [1.54, 1.807) is 6.07 Å². The van der Waals surface area contributed by atoms with Crippen molar-refractivity contribution in [3.8, 4) is 0 Å². The second-order valence-corrected chi connectivity index (χ2v) is 6.45. The number of hydrogen-bond acceptors (Lipinski definition) is 4. The molecule has 3 rings (SSSR count). The maximum Gasteiger partial charge on any atom is 0.274 e. The molecule has 1 unspecified atom stereocenters. The molecular formula is C17H18ClFN4O. The number of piperidine rings is 1. The molecule has 1 aliphatic rings. The van der Waals surface area contributed by atoms with Gasteiger partial charge in [-0.1, -0.05) is 18.5 Å². The first kappa shape index (κ1) is 16.6. The lowest BCUT2D eigenvalue weighted by atomic mass is 10.0. The van der Waals surface area contributed by atoms with Crippen LogP contribution in [-0.4, -0.2) is 29.0 Å². The third kappa shape index (κ3) is 3.82. The molecule has 1 aliphatic heterocycles. The average Bonchev–Trinajstić information content (AvgIpc) is 2.58. The fraction of sp³-hybridized carbons (Fsp3) is 0.353. The van der Waals surface area contributed by atoms with Gasteiger partial charge in [-0.2, -0.15) is 0 Å². The van der Waals surface area contributed by atoms with Crippen LogP contribution in [0.4, 0.5) is 15.9 Å². The molecular weight excluding hydrogens is 331 g/mol. The van der Waals surface area contributed by atoms with Crippen LogP contribution >= 0.6 is 11.6 Å². The minimum Gasteiger partial charge on any atom is -0.356 e. The Morgan fingerprint density at radius 2 is 2.21 bits per heavy atom. The van der Waals surface area contributed by atoms with Crippen LogP contribution < -0.4 is 10.2 Å². The standard InChI is InChI=1S/C17H18ClFN4O/c1-11-3-2-6-23(9-11)16-8-15(20-10-21-16)17(24)22-12-4-5-14(19)13(18)7-12/h4-5,7-8,10-11H,2-3,6,9H2,1H3,(H,22,24). The van der Waals surface area contributed by atoms with Gasteiger partial charge in [-0.25, -0.2) is 14.4 Å². The topological polar surface area (TPSA) is 58.1 Å². The maximum absolute atomic E-state index is 13.2. The molecule has 0 spiro atoms. The fourth-order valence-electron chi connectivity index (χ4n) is 2.81. The second kappa shape index (κ2) is 7.13. The lowest BCUT2D eigenvalue weighted by Crippen LogP contribution is -2.35. The van der Waals surface area contributed by atoms with Crippen molar-refractivity contribution in [1.29, 1.82) is 0 Å². The van der Waals surface area contributed by atoms with Gasteiger partial charge in [-0.15, -0.1) is 0 Å². The number of benzene rings is 1. The zero-order valence-corrected chi connectivity index (χ0v) is 14.1. The predicted octanol–water partition coefficient (Wildman–Crippen LogP) is 3.76. The molecule has 24 heavy (non-hydrogen) atoms. The Hall–Kier alpha value is -2.21. The van der Waals surface area contributed by atoms with Crippen molar-refractivity contribution in [3.05, 3.63) is 47.1 Å². The number of aromatic nitrogens is 2. The van der Waals surface area contributed by atoms with Crippen LogP contribution in [0.1, 0.15) is 30.3 Å². The van der Waals surface area contributed by atoms with Crippen LogP contribution in [0, 0.1) is 11.7 Å². The van der Waals surface area contributed by atoms with Crippen LogP contribution in [0.5, 0.6) is 0 Å². The van der Waals surface area contributed by atoms with Crippen molar-refractivity contribution in [2.75, 3.05) is 23.3 Å². The largest absolute Gasteiger partial charge is 0.356 e. The van der Waals surface area contributed by atoms with Gasteiger partial charge < -0.3 is 10.2 Å². The molecule has 0 saturated carbocycles. The minimum atomic E-state index is -0.529. The third-order valence-corrected chi connectivity index (χ3v) is 4.33. The third-order valence-electron chi connectivity index (χ3n) is 4.04. The molecule has 1 aromatic carbocycles. The Kier molecular flexibility index (Phi) is 4.94. The maximum atomic E-state index is 13.2. The lowest BCUT2D eigenvalue weighted by Gasteiger charge is -2.31. The Morgan fingerprint density at radius 3 is 2.96 bits per heavy atom. The summed E-state index contributed by atoms with van der Waals surface area (Å²) in [6, 6.07) is 5.70. The highest BCUT2D eigenvalue weighted by molar-refractivity contribution is 6.31. The monoisotopic (exact) mass is 348 g/mol. The zero-order valence-electron chi connectivity index (χ0n) is 13.3. The van der Waals surface area contributed by atoms with E-state index in [0.717, 1.165) is 25.3 Å². The van der Waals surface area contributed by atoms with Crippen molar-refractivity contribution >= 4 is 29.0 Å². The number of rotatable bonds is 3. The molecule has 2 aromatic rings. The summed E-state index contributed by atoms with van der Waals surface area (Å²) < 4.78 is 13.2. The molecule has 1 fully saturated rings. The summed E-state index contributed by atoms with van der Waals surface area (Å²) >= 11 is 5.73. The van der Waals surface area contributed by atoms with Crippen molar-refractivity contribution in [2.24, 2.45) is 5.92 Å². The fourth-order valence-corrected chi connectivity index (χ4v) is 2.99. The highest BCUT2D eigenvalue weighted by Gasteiger charge is 2.19. The van der Waals surface area contributed by atoms with Crippen molar-refractivity contribution in [2.45, 2.75) is 19.8 Å². The summed E-state index contributed by atoms with van der Waals surface area (Å²) in [7, 11) is 0. The normalized spacial score (nSPS) is 17.6. The highest BCUT2D eigenvalue weighted by atomic mass is 35.5. The Labute approximate surface area is 144 Å². The predicted molar refractivity (Wildman–Crippen MR) is 92.0 cm³/mol. The van der Waals surface area contributed by atoms with Gasteiger partial charge in [0, 0.05) is 24.8 Å². The van der Waals surface area contributed by atoms with E-state index in [9.17, 15) is 9.18 Å². The van der Waals surface area contributed by atoms with Gasteiger partial charge in [-0.3, -0.25) is 4.79 Å². The number of anilines is 2. The number of halogens is 2. The van der Waals surface area contributed by atoms with Gasteiger partial charge in [-0.05, 0) is 37.0 Å². The van der Waals surface area contributed by atoms with Gasteiger partial charge in [0.2, 0.25) is 0 Å². The van der Waals surface area contributed by atoms with Crippen molar-refractivity contribution < 1.29 is 9.18 Å². The second-order valence-electron chi connectivity index (χ2n) is 6.04. The van der Waals surface area contributed by atoms with Gasteiger partial charge in [0.05, 0.1) is 5.02 Å². The molecule has 1 N–H and O–H groups in total. The summed E-state index contributed by atoms with van der Waals surface area (Å²) in [5, 5.41) is 2.62. The molecule has 1 amide bonds. The SMILES string of the molecule is CC1CCCN(c2cc(C(=O)Nc3ccc(F)c(Cl)c3)ncn2)C1.